The van der Waals surface area contributed by atoms with E-state index in [2.05, 4.69) is 5.32 Å². The Labute approximate surface area is 214 Å². The Morgan fingerprint density at radius 3 is 2.22 bits per heavy atom. The summed E-state index contributed by atoms with van der Waals surface area (Å²) >= 11 is 0. The average molecular weight is 520 g/mol. The molecule has 0 aliphatic rings. The summed E-state index contributed by atoms with van der Waals surface area (Å²) in [6.07, 6.45) is 2.23. The summed E-state index contributed by atoms with van der Waals surface area (Å²) in [6.45, 7) is 9.66. The summed E-state index contributed by atoms with van der Waals surface area (Å²) in [6, 6.07) is 10.5. The fourth-order valence-electron chi connectivity index (χ4n) is 3.72. The third-order valence-electron chi connectivity index (χ3n) is 6.37. The van der Waals surface area contributed by atoms with E-state index < -0.39 is 16.1 Å². The van der Waals surface area contributed by atoms with Gasteiger partial charge in [0, 0.05) is 25.6 Å². The smallest absolute Gasteiger partial charge is 0.242 e. The molecule has 0 heterocycles. The standard InChI is InChI=1S/C27H38FN3O4S/c1-7-21(4)29-27(33)22(5)30(18-23-11-13-24(28)14-12-23)26(32)9-8-16-31(36(6,34)35)25-15-10-19(2)20(3)17-25/h10-15,17,21-22H,7-9,16,18H2,1-6H3,(H,29,33)/t21-,22+/m0/s1. The molecule has 2 atom stereocenters. The highest BCUT2D eigenvalue weighted by Crippen LogP contribution is 2.22. The molecule has 2 aromatic rings. The molecule has 7 nitrogen and oxygen atoms in total. The van der Waals surface area contributed by atoms with Crippen molar-refractivity contribution in [2.24, 2.45) is 0 Å². The summed E-state index contributed by atoms with van der Waals surface area (Å²) < 4.78 is 39.6. The summed E-state index contributed by atoms with van der Waals surface area (Å²) in [4.78, 5) is 27.6. The van der Waals surface area contributed by atoms with E-state index in [1.54, 1.807) is 25.1 Å². The van der Waals surface area contributed by atoms with Crippen LogP contribution in [-0.2, 0) is 26.2 Å². The number of benzene rings is 2. The molecular formula is C27H38FN3O4S. The molecular weight excluding hydrogens is 481 g/mol. The highest BCUT2D eigenvalue weighted by molar-refractivity contribution is 7.92. The van der Waals surface area contributed by atoms with E-state index in [0.717, 1.165) is 23.8 Å². The SMILES string of the molecule is CC[C@H](C)NC(=O)[C@@H](C)N(Cc1ccc(F)cc1)C(=O)CCCN(c1ccc(C)c(C)c1)S(C)(=O)=O. The number of halogens is 1. The predicted molar refractivity (Wildman–Crippen MR) is 142 cm³/mol. The Morgan fingerprint density at radius 2 is 1.67 bits per heavy atom. The highest BCUT2D eigenvalue weighted by Gasteiger charge is 2.27. The van der Waals surface area contributed by atoms with Crippen LogP contribution in [0.15, 0.2) is 42.5 Å². The van der Waals surface area contributed by atoms with E-state index in [4.69, 9.17) is 0 Å². The Morgan fingerprint density at radius 1 is 1.03 bits per heavy atom. The van der Waals surface area contributed by atoms with Crippen molar-refractivity contribution in [3.8, 4) is 0 Å². The molecule has 198 valence electrons. The second-order valence-electron chi connectivity index (χ2n) is 9.35. The first-order valence-electron chi connectivity index (χ1n) is 12.2. The predicted octanol–water partition coefficient (Wildman–Crippen LogP) is 4.32. The highest BCUT2D eigenvalue weighted by atomic mass is 32.2. The first kappa shape index (κ1) is 29.3. The van der Waals surface area contributed by atoms with Crippen LogP contribution in [-0.4, -0.2) is 50.0 Å². The summed E-state index contributed by atoms with van der Waals surface area (Å²) in [5.41, 5.74) is 3.28. The van der Waals surface area contributed by atoms with E-state index in [1.165, 1.54) is 21.3 Å². The van der Waals surface area contributed by atoms with E-state index in [9.17, 15) is 22.4 Å². The lowest BCUT2D eigenvalue weighted by Gasteiger charge is -2.30. The van der Waals surface area contributed by atoms with Gasteiger partial charge in [-0.1, -0.05) is 25.1 Å². The molecule has 0 fully saturated rings. The fraction of sp³-hybridized carbons (Fsp3) is 0.481. The van der Waals surface area contributed by atoms with Gasteiger partial charge in [-0.2, -0.15) is 0 Å². The number of nitrogens with zero attached hydrogens (tertiary/aromatic N) is 2. The lowest BCUT2D eigenvalue weighted by Crippen LogP contribution is -2.49. The van der Waals surface area contributed by atoms with Crippen LogP contribution < -0.4 is 9.62 Å². The fourth-order valence-corrected chi connectivity index (χ4v) is 4.68. The molecule has 0 unspecified atom stereocenters. The number of anilines is 1. The third kappa shape index (κ3) is 8.33. The van der Waals surface area contributed by atoms with Crippen molar-refractivity contribution in [2.75, 3.05) is 17.1 Å². The van der Waals surface area contributed by atoms with Crippen LogP contribution in [0, 0.1) is 19.7 Å². The number of rotatable bonds is 12. The van der Waals surface area contributed by atoms with Gasteiger partial charge in [0.25, 0.3) is 0 Å². The van der Waals surface area contributed by atoms with E-state index in [0.29, 0.717) is 11.3 Å². The van der Waals surface area contributed by atoms with Crippen LogP contribution in [0.25, 0.3) is 0 Å². The van der Waals surface area contributed by atoms with Crippen molar-refractivity contribution in [2.45, 2.75) is 72.5 Å². The van der Waals surface area contributed by atoms with Gasteiger partial charge in [0.05, 0.1) is 11.9 Å². The number of carbonyl (C=O) groups is 2. The quantitative estimate of drug-likeness (QED) is 0.453. The number of hydrogen-bond acceptors (Lipinski definition) is 4. The van der Waals surface area contributed by atoms with Crippen molar-refractivity contribution in [3.05, 3.63) is 65.0 Å². The topological polar surface area (TPSA) is 86.8 Å². The van der Waals surface area contributed by atoms with Crippen molar-refractivity contribution < 1.29 is 22.4 Å². The first-order valence-corrected chi connectivity index (χ1v) is 14.1. The monoisotopic (exact) mass is 519 g/mol. The lowest BCUT2D eigenvalue weighted by atomic mass is 10.1. The second kappa shape index (κ2) is 12.9. The molecule has 2 rings (SSSR count). The van der Waals surface area contributed by atoms with E-state index >= 15 is 0 Å². The van der Waals surface area contributed by atoms with Gasteiger partial charge >= 0.3 is 0 Å². The van der Waals surface area contributed by atoms with Gasteiger partial charge in [-0.25, -0.2) is 12.8 Å². The molecule has 1 N–H and O–H groups in total. The van der Waals surface area contributed by atoms with Crippen molar-refractivity contribution in [3.63, 3.8) is 0 Å². The Balaban J connectivity index is 2.18. The lowest BCUT2D eigenvalue weighted by molar-refractivity contribution is -0.140. The maximum absolute atomic E-state index is 13.4. The molecule has 0 saturated carbocycles. The van der Waals surface area contributed by atoms with Gasteiger partial charge in [-0.3, -0.25) is 13.9 Å². The van der Waals surface area contributed by atoms with Crippen LogP contribution in [0.2, 0.25) is 0 Å². The molecule has 0 radical (unpaired) electrons. The third-order valence-corrected chi connectivity index (χ3v) is 7.56. The summed E-state index contributed by atoms with van der Waals surface area (Å²) in [5, 5.41) is 2.90. The number of nitrogens with one attached hydrogen (secondary N) is 1. The number of aryl methyl sites for hydroxylation is 2. The summed E-state index contributed by atoms with van der Waals surface area (Å²) in [5.74, 6) is -0.932. The second-order valence-corrected chi connectivity index (χ2v) is 11.3. The van der Waals surface area contributed by atoms with Crippen molar-refractivity contribution in [1.82, 2.24) is 10.2 Å². The minimum absolute atomic E-state index is 0.0380. The molecule has 0 aromatic heterocycles. The number of hydrogen-bond donors (Lipinski definition) is 1. The largest absolute Gasteiger partial charge is 0.352 e. The molecule has 2 aromatic carbocycles. The molecule has 0 aliphatic carbocycles. The van der Waals surface area contributed by atoms with Gasteiger partial charge in [0.1, 0.15) is 11.9 Å². The number of carbonyl (C=O) groups excluding carboxylic acids is 2. The van der Waals surface area contributed by atoms with Gasteiger partial charge in [-0.15, -0.1) is 0 Å². The normalized spacial score (nSPS) is 13.1. The van der Waals surface area contributed by atoms with Gasteiger partial charge in [-0.05, 0) is 81.5 Å². The van der Waals surface area contributed by atoms with Crippen LogP contribution in [0.4, 0.5) is 10.1 Å². The van der Waals surface area contributed by atoms with Gasteiger partial charge in [0.2, 0.25) is 21.8 Å². The van der Waals surface area contributed by atoms with E-state index in [-0.39, 0.29) is 49.6 Å². The molecule has 36 heavy (non-hydrogen) atoms. The van der Waals surface area contributed by atoms with Crippen LogP contribution in [0.1, 0.15) is 56.7 Å². The maximum Gasteiger partial charge on any atom is 0.242 e. The number of sulfonamides is 1. The van der Waals surface area contributed by atoms with Gasteiger partial charge in [0.15, 0.2) is 0 Å². The van der Waals surface area contributed by atoms with Gasteiger partial charge < -0.3 is 10.2 Å². The average Bonchev–Trinajstić information content (AvgIpc) is 2.81. The zero-order valence-electron chi connectivity index (χ0n) is 22.0. The molecule has 0 aliphatic heterocycles. The molecule has 0 saturated heterocycles. The zero-order valence-corrected chi connectivity index (χ0v) is 22.9. The molecule has 9 heteroatoms. The Hall–Kier alpha value is -2.94. The van der Waals surface area contributed by atoms with Crippen LogP contribution in [0.5, 0.6) is 0 Å². The molecule has 0 spiro atoms. The zero-order chi connectivity index (χ0) is 27.0. The molecule has 2 amide bonds. The Kier molecular flexibility index (Phi) is 10.5. The minimum Gasteiger partial charge on any atom is -0.352 e. The Bertz CT molecular complexity index is 1150. The first-order chi connectivity index (χ1) is 16.8. The summed E-state index contributed by atoms with van der Waals surface area (Å²) in [7, 11) is -3.56. The number of amides is 2. The minimum atomic E-state index is -3.56. The van der Waals surface area contributed by atoms with Crippen LogP contribution >= 0.6 is 0 Å². The van der Waals surface area contributed by atoms with Crippen molar-refractivity contribution in [1.29, 1.82) is 0 Å². The maximum atomic E-state index is 13.4. The van der Waals surface area contributed by atoms with E-state index in [1.807, 2.05) is 39.8 Å². The van der Waals surface area contributed by atoms with Crippen molar-refractivity contribution >= 4 is 27.5 Å². The van der Waals surface area contributed by atoms with Crippen LogP contribution in [0.3, 0.4) is 0 Å². The molecule has 0 bridgehead atoms.